The molecule has 0 aliphatic heterocycles. The summed E-state index contributed by atoms with van der Waals surface area (Å²) in [6.07, 6.45) is 6.75. The average molecular weight is 451 g/mol. The van der Waals surface area contributed by atoms with Crippen molar-refractivity contribution in [3.63, 3.8) is 0 Å². The number of ether oxygens (including phenoxy) is 2. The van der Waals surface area contributed by atoms with Crippen LogP contribution >= 0.6 is 0 Å². The molecule has 3 rings (SSSR count). The Hall–Kier alpha value is -1.86. The number of hydrogen-bond donors (Lipinski definition) is 2. The third-order valence-corrected chi connectivity index (χ3v) is 8.60. The highest BCUT2D eigenvalue weighted by atomic mass is 16.6. The number of esters is 2. The van der Waals surface area contributed by atoms with Gasteiger partial charge in [-0.05, 0) is 67.9 Å². The Balaban J connectivity index is 1.79. The number of rotatable bonds is 8. The van der Waals surface area contributed by atoms with Crippen molar-refractivity contribution in [3.05, 3.63) is 24.2 Å². The predicted molar refractivity (Wildman–Crippen MR) is 118 cm³/mol. The highest BCUT2D eigenvalue weighted by molar-refractivity contribution is 5.91. The maximum absolute atomic E-state index is 12.2. The molecule has 0 spiro atoms. The Kier molecular flexibility index (Phi) is 7.40. The second-order valence-electron chi connectivity index (χ2n) is 10.2. The number of aryl methyl sites for hydroxylation is 1. The van der Waals surface area contributed by atoms with Gasteiger partial charge in [0, 0.05) is 5.41 Å². The zero-order chi connectivity index (χ0) is 23.6. The van der Waals surface area contributed by atoms with E-state index in [0.29, 0.717) is 12.8 Å². The van der Waals surface area contributed by atoms with Crippen molar-refractivity contribution in [2.45, 2.75) is 84.3 Å². The van der Waals surface area contributed by atoms with E-state index in [1.165, 1.54) is 0 Å². The topological polar surface area (TPSA) is 106 Å². The molecule has 7 heteroatoms. The molecular weight excluding hydrogens is 412 g/mol. The van der Waals surface area contributed by atoms with Crippen LogP contribution in [-0.2, 0) is 25.5 Å². The van der Waals surface area contributed by atoms with Crippen molar-refractivity contribution < 1.29 is 33.7 Å². The van der Waals surface area contributed by atoms with Crippen LogP contribution in [0.2, 0.25) is 0 Å². The molecule has 6 atom stereocenters. The summed E-state index contributed by atoms with van der Waals surface area (Å²) in [6.45, 7) is 8.03. The first-order chi connectivity index (χ1) is 15.1. The van der Waals surface area contributed by atoms with Crippen LogP contribution in [0.4, 0.5) is 0 Å². The minimum atomic E-state index is -1.36. The third kappa shape index (κ3) is 4.46. The van der Waals surface area contributed by atoms with Crippen LogP contribution in [0.25, 0.3) is 0 Å². The molecule has 1 heterocycles. The Morgan fingerprint density at radius 3 is 2.62 bits per heavy atom. The Morgan fingerprint density at radius 1 is 1.25 bits per heavy atom. The van der Waals surface area contributed by atoms with E-state index >= 15 is 0 Å². The molecule has 0 saturated heterocycles. The molecule has 0 amide bonds. The van der Waals surface area contributed by atoms with Gasteiger partial charge in [-0.1, -0.05) is 27.2 Å². The molecule has 32 heavy (non-hydrogen) atoms. The van der Waals surface area contributed by atoms with Gasteiger partial charge in [-0.3, -0.25) is 9.59 Å². The van der Waals surface area contributed by atoms with E-state index in [9.17, 15) is 19.8 Å². The van der Waals surface area contributed by atoms with Gasteiger partial charge in [0.1, 0.15) is 18.6 Å². The summed E-state index contributed by atoms with van der Waals surface area (Å²) in [5.74, 6) is -1.03. The molecule has 1 aromatic heterocycles. The van der Waals surface area contributed by atoms with Crippen LogP contribution in [0.3, 0.4) is 0 Å². The lowest BCUT2D eigenvalue weighted by molar-refractivity contribution is -0.259. The van der Waals surface area contributed by atoms with E-state index in [2.05, 4.69) is 13.8 Å². The largest absolute Gasteiger partial charge is 0.472 e. The quantitative estimate of drug-likeness (QED) is 0.460. The zero-order valence-electron chi connectivity index (χ0n) is 19.8. The van der Waals surface area contributed by atoms with E-state index in [-0.39, 0.29) is 30.5 Å². The molecule has 2 aliphatic carbocycles. The van der Waals surface area contributed by atoms with Gasteiger partial charge in [0.2, 0.25) is 0 Å². The van der Waals surface area contributed by atoms with Gasteiger partial charge in [0.15, 0.2) is 0 Å². The SMILES string of the molecule is CCOC(=O)CC(=O)OC[C@@]1(O)CCC[C@@H]2[C@@](C)(CCc3ccoc3)[C@H](C)C[C@H](O)[C@]21C. The fourth-order valence-corrected chi connectivity index (χ4v) is 6.32. The summed E-state index contributed by atoms with van der Waals surface area (Å²) >= 11 is 0. The van der Waals surface area contributed by atoms with E-state index < -0.39 is 35.5 Å². The number of aliphatic hydroxyl groups is 2. The fraction of sp³-hybridized carbons (Fsp3) is 0.760. The summed E-state index contributed by atoms with van der Waals surface area (Å²) in [5, 5.41) is 23.0. The highest BCUT2D eigenvalue weighted by Gasteiger charge is 2.65. The molecule has 180 valence electrons. The second-order valence-corrected chi connectivity index (χ2v) is 10.2. The number of aliphatic hydroxyl groups excluding tert-OH is 1. The first-order valence-electron chi connectivity index (χ1n) is 11.8. The third-order valence-electron chi connectivity index (χ3n) is 8.60. The molecule has 0 aromatic carbocycles. The number of furan rings is 1. The Bertz CT molecular complexity index is 790. The van der Waals surface area contributed by atoms with Crippen molar-refractivity contribution in [1.82, 2.24) is 0 Å². The average Bonchev–Trinajstić information content (AvgIpc) is 3.25. The highest BCUT2D eigenvalue weighted by Crippen LogP contribution is 2.64. The Labute approximate surface area is 190 Å². The molecule has 2 saturated carbocycles. The molecule has 2 fully saturated rings. The zero-order valence-corrected chi connectivity index (χ0v) is 19.8. The molecule has 0 radical (unpaired) electrons. The first kappa shape index (κ1) is 24.8. The minimum Gasteiger partial charge on any atom is -0.472 e. The summed E-state index contributed by atoms with van der Waals surface area (Å²) in [7, 11) is 0. The van der Waals surface area contributed by atoms with Gasteiger partial charge in [0.25, 0.3) is 0 Å². The van der Waals surface area contributed by atoms with Gasteiger partial charge >= 0.3 is 11.9 Å². The predicted octanol–water partition coefficient (Wildman–Crippen LogP) is 3.65. The lowest BCUT2D eigenvalue weighted by Crippen LogP contribution is -2.68. The maximum atomic E-state index is 12.2. The van der Waals surface area contributed by atoms with Crippen LogP contribution in [0.1, 0.15) is 71.8 Å². The number of carbonyl (C=O) groups excluding carboxylic acids is 2. The lowest BCUT2D eigenvalue weighted by atomic mass is 9.42. The lowest BCUT2D eigenvalue weighted by Gasteiger charge is -2.64. The first-order valence-corrected chi connectivity index (χ1v) is 11.8. The molecule has 2 aliphatic rings. The molecule has 0 bridgehead atoms. The van der Waals surface area contributed by atoms with Crippen LogP contribution < -0.4 is 0 Å². The fourth-order valence-electron chi connectivity index (χ4n) is 6.32. The molecular formula is C25H38O7. The van der Waals surface area contributed by atoms with Crippen molar-refractivity contribution in [2.24, 2.45) is 22.7 Å². The molecule has 7 nitrogen and oxygen atoms in total. The summed E-state index contributed by atoms with van der Waals surface area (Å²) in [5.41, 5.74) is -1.15. The molecule has 2 N–H and O–H groups in total. The summed E-state index contributed by atoms with van der Waals surface area (Å²) < 4.78 is 15.4. The second kappa shape index (κ2) is 9.56. The van der Waals surface area contributed by atoms with Gasteiger partial charge in [-0.2, -0.15) is 0 Å². The van der Waals surface area contributed by atoms with E-state index in [1.54, 1.807) is 19.5 Å². The van der Waals surface area contributed by atoms with Gasteiger partial charge in [0.05, 0.1) is 25.2 Å². The van der Waals surface area contributed by atoms with E-state index in [1.807, 2.05) is 13.0 Å². The summed E-state index contributed by atoms with van der Waals surface area (Å²) in [6, 6.07) is 1.98. The standard InChI is InChI=1S/C25H38O7/c1-5-31-21(27)14-22(28)32-16-25(29)10-6-7-19-23(3,11-8-18-9-12-30-15-18)17(2)13-20(26)24(19,25)4/h9,12,15,17,19-20,26,29H,5-8,10-11,13-14,16H2,1-4H3/t17-,19-,20+,23+,24+,25+/m1/s1. The number of fused-ring (bicyclic) bond motifs is 1. The van der Waals surface area contributed by atoms with Crippen molar-refractivity contribution in [2.75, 3.05) is 13.2 Å². The normalized spacial score (nSPS) is 36.9. The minimum absolute atomic E-state index is 0.0585. The van der Waals surface area contributed by atoms with Crippen LogP contribution in [0.5, 0.6) is 0 Å². The van der Waals surface area contributed by atoms with Crippen LogP contribution in [0, 0.1) is 22.7 Å². The van der Waals surface area contributed by atoms with Crippen molar-refractivity contribution in [1.29, 1.82) is 0 Å². The number of carbonyl (C=O) groups is 2. The maximum Gasteiger partial charge on any atom is 0.317 e. The van der Waals surface area contributed by atoms with Gasteiger partial charge in [-0.25, -0.2) is 0 Å². The Morgan fingerprint density at radius 2 is 1.97 bits per heavy atom. The van der Waals surface area contributed by atoms with Crippen LogP contribution in [-0.4, -0.2) is 47.1 Å². The van der Waals surface area contributed by atoms with Gasteiger partial charge in [-0.15, -0.1) is 0 Å². The number of hydrogen-bond acceptors (Lipinski definition) is 7. The van der Waals surface area contributed by atoms with Crippen LogP contribution in [0.15, 0.2) is 23.0 Å². The van der Waals surface area contributed by atoms with E-state index in [0.717, 1.165) is 31.2 Å². The van der Waals surface area contributed by atoms with Crippen molar-refractivity contribution >= 4 is 11.9 Å². The smallest absolute Gasteiger partial charge is 0.317 e. The van der Waals surface area contributed by atoms with E-state index in [4.69, 9.17) is 13.9 Å². The monoisotopic (exact) mass is 450 g/mol. The molecule has 0 unspecified atom stereocenters. The summed E-state index contributed by atoms with van der Waals surface area (Å²) in [4.78, 5) is 23.8. The molecule has 1 aromatic rings. The van der Waals surface area contributed by atoms with Gasteiger partial charge < -0.3 is 24.1 Å². The van der Waals surface area contributed by atoms with Crippen molar-refractivity contribution in [3.8, 4) is 0 Å².